The molecule has 0 aromatic heterocycles. The van der Waals surface area contributed by atoms with Gasteiger partial charge < -0.3 is 14.8 Å². The lowest BCUT2D eigenvalue weighted by atomic mass is 10.00. The molecule has 0 unspecified atom stereocenters. The predicted octanol–water partition coefficient (Wildman–Crippen LogP) is 4.24. The molecule has 3 heteroatoms. The van der Waals surface area contributed by atoms with Gasteiger partial charge in [-0.25, -0.2) is 0 Å². The summed E-state index contributed by atoms with van der Waals surface area (Å²) in [5.41, 5.74) is 6.23. The molecule has 0 radical (unpaired) electrons. The minimum absolute atomic E-state index is 0.778. The normalized spacial score (nSPS) is 10.3. The molecule has 0 aliphatic heterocycles. The Morgan fingerprint density at radius 2 is 1.57 bits per heavy atom. The lowest BCUT2D eigenvalue weighted by molar-refractivity contribution is 0.395. The number of hydrogen-bond donors (Lipinski definition) is 1. The summed E-state index contributed by atoms with van der Waals surface area (Å²) in [4.78, 5) is 0. The smallest absolute Gasteiger partial charge is 0.145 e. The Hall–Kier alpha value is -2.16. The second kappa shape index (κ2) is 6.53. The minimum Gasteiger partial charge on any atom is -0.497 e. The van der Waals surface area contributed by atoms with Crippen molar-refractivity contribution in [2.75, 3.05) is 19.5 Å². The largest absolute Gasteiger partial charge is 0.497 e. The summed E-state index contributed by atoms with van der Waals surface area (Å²) < 4.78 is 10.6. The maximum Gasteiger partial charge on any atom is 0.145 e. The first-order valence-corrected chi connectivity index (χ1v) is 7.07. The van der Waals surface area contributed by atoms with Crippen LogP contribution in [0, 0.1) is 20.8 Å². The van der Waals surface area contributed by atoms with Gasteiger partial charge in [0.2, 0.25) is 0 Å². The van der Waals surface area contributed by atoms with Crippen molar-refractivity contribution in [2.24, 2.45) is 0 Å². The molecule has 0 aliphatic rings. The molecule has 2 aromatic carbocycles. The highest BCUT2D eigenvalue weighted by molar-refractivity contribution is 5.59. The van der Waals surface area contributed by atoms with E-state index in [1.165, 1.54) is 22.3 Å². The average molecular weight is 285 g/mol. The topological polar surface area (TPSA) is 30.5 Å². The van der Waals surface area contributed by atoms with Gasteiger partial charge in [0.1, 0.15) is 11.5 Å². The van der Waals surface area contributed by atoms with Crippen LogP contribution in [-0.4, -0.2) is 14.2 Å². The van der Waals surface area contributed by atoms with Gasteiger partial charge in [0, 0.05) is 12.6 Å². The van der Waals surface area contributed by atoms with Crippen LogP contribution < -0.4 is 14.8 Å². The van der Waals surface area contributed by atoms with E-state index in [1.54, 1.807) is 14.2 Å². The van der Waals surface area contributed by atoms with Crippen molar-refractivity contribution in [1.29, 1.82) is 0 Å². The highest BCUT2D eigenvalue weighted by Crippen LogP contribution is 2.30. The third-order valence-electron chi connectivity index (χ3n) is 3.70. The van der Waals surface area contributed by atoms with Gasteiger partial charge in [0.15, 0.2) is 0 Å². The molecule has 2 rings (SSSR count). The molecule has 0 fully saturated rings. The van der Waals surface area contributed by atoms with E-state index in [0.717, 1.165) is 23.7 Å². The molecule has 112 valence electrons. The number of benzene rings is 2. The van der Waals surface area contributed by atoms with Gasteiger partial charge >= 0.3 is 0 Å². The van der Waals surface area contributed by atoms with Gasteiger partial charge in [0.25, 0.3) is 0 Å². The number of ether oxygens (including phenoxy) is 2. The summed E-state index contributed by atoms with van der Waals surface area (Å²) in [5.74, 6) is 1.58. The van der Waals surface area contributed by atoms with Crippen molar-refractivity contribution in [2.45, 2.75) is 27.3 Å². The molecule has 0 aliphatic carbocycles. The molecule has 2 aromatic rings. The first kappa shape index (κ1) is 15.2. The molecule has 0 spiro atoms. The van der Waals surface area contributed by atoms with Crippen LogP contribution in [0.15, 0.2) is 30.3 Å². The highest BCUT2D eigenvalue weighted by Gasteiger charge is 2.07. The Bertz CT molecular complexity index is 612. The standard InChI is InChI=1S/C18H23NO2/c1-12-8-13(2)16(14(3)9-12)11-19-17-7-6-15(20-4)10-18(17)21-5/h6-10,19H,11H2,1-5H3. The Labute approximate surface area is 126 Å². The molecular weight excluding hydrogens is 262 g/mol. The van der Waals surface area contributed by atoms with Crippen molar-refractivity contribution in [3.05, 3.63) is 52.6 Å². The fourth-order valence-corrected chi connectivity index (χ4v) is 2.62. The van der Waals surface area contributed by atoms with Crippen LogP contribution in [0.4, 0.5) is 5.69 Å². The van der Waals surface area contributed by atoms with E-state index in [0.29, 0.717) is 0 Å². The van der Waals surface area contributed by atoms with Crippen LogP contribution in [0.25, 0.3) is 0 Å². The quantitative estimate of drug-likeness (QED) is 0.891. The summed E-state index contributed by atoms with van der Waals surface area (Å²) in [5, 5.41) is 3.45. The number of methoxy groups -OCH3 is 2. The van der Waals surface area contributed by atoms with Gasteiger partial charge in [-0.3, -0.25) is 0 Å². The van der Waals surface area contributed by atoms with Crippen LogP contribution >= 0.6 is 0 Å². The van der Waals surface area contributed by atoms with Crippen molar-refractivity contribution in [3.63, 3.8) is 0 Å². The summed E-state index contributed by atoms with van der Waals surface area (Å²) in [6.07, 6.45) is 0. The van der Waals surface area contributed by atoms with Crippen LogP contribution in [0.5, 0.6) is 11.5 Å². The Balaban J connectivity index is 2.20. The maximum absolute atomic E-state index is 5.41. The average Bonchev–Trinajstić information content (AvgIpc) is 2.46. The number of hydrogen-bond acceptors (Lipinski definition) is 3. The van der Waals surface area contributed by atoms with Crippen molar-refractivity contribution < 1.29 is 9.47 Å². The molecule has 0 atom stereocenters. The van der Waals surface area contributed by atoms with Crippen molar-refractivity contribution in [3.8, 4) is 11.5 Å². The van der Waals surface area contributed by atoms with E-state index in [1.807, 2.05) is 18.2 Å². The Morgan fingerprint density at radius 1 is 0.905 bits per heavy atom. The molecule has 1 N–H and O–H groups in total. The summed E-state index contributed by atoms with van der Waals surface area (Å²) >= 11 is 0. The molecule has 0 saturated heterocycles. The lowest BCUT2D eigenvalue weighted by Gasteiger charge is -2.15. The van der Waals surface area contributed by atoms with E-state index in [4.69, 9.17) is 9.47 Å². The fraction of sp³-hybridized carbons (Fsp3) is 0.333. The zero-order valence-electron chi connectivity index (χ0n) is 13.4. The summed E-state index contributed by atoms with van der Waals surface area (Å²) in [7, 11) is 3.32. The third kappa shape index (κ3) is 3.48. The van der Waals surface area contributed by atoms with Crippen LogP contribution in [0.3, 0.4) is 0 Å². The van der Waals surface area contributed by atoms with E-state index in [-0.39, 0.29) is 0 Å². The zero-order chi connectivity index (χ0) is 15.4. The predicted molar refractivity (Wildman–Crippen MR) is 87.5 cm³/mol. The molecule has 21 heavy (non-hydrogen) atoms. The van der Waals surface area contributed by atoms with Crippen LogP contribution in [0.2, 0.25) is 0 Å². The SMILES string of the molecule is COc1ccc(NCc2c(C)cc(C)cc2C)c(OC)c1. The van der Waals surface area contributed by atoms with E-state index < -0.39 is 0 Å². The second-order valence-corrected chi connectivity index (χ2v) is 5.30. The van der Waals surface area contributed by atoms with Gasteiger partial charge in [-0.15, -0.1) is 0 Å². The second-order valence-electron chi connectivity index (χ2n) is 5.30. The lowest BCUT2D eigenvalue weighted by Crippen LogP contribution is -2.05. The van der Waals surface area contributed by atoms with Gasteiger partial charge in [0.05, 0.1) is 19.9 Å². The first-order chi connectivity index (χ1) is 10.0. The zero-order valence-corrected chi connectivity index (χ0v) is 13.4. The highest BCUT2D eigenvalue weighted by atomic mass is 16.5. The molecule has 0 heterocycles. The Kier molecular flexibility index (Phi) is 4.73. The van der Waals surface area contributed by atoms with Crippen LogP contribution in [-0.2, 0) is 6.54 Å². The van der Waals surface area contributed by atoms with E-state index >= 15 is 0 Å². The summed E-state index contributed by atoms with van der Waals surface area (Å²) in [6.45, 7) is 7.22. The fourth-order valence-electron chi connectivity index (χ4n) is 2.62. The van der Waals surface area contributed by atoms with Crippen molar-refractivity contribution >= 4 is 5.69 Å². The number of rotatable bonds is 5. The molecule has 0 saturated carbocycles. The number of nitrogens with one attached hydrogen (secondary N) is 1. The number of anilines is 1. The third-order valence-corrected chi connectivity index (χ3v) is 3.70. The minimum atomic E-state index is 0.778. The number of aryl methyl sites for hydroxylation is 3. The van der Waals surface area contributed by atoms with Crippen LogP contribution in [0.1, 0.15) is 22.3 Å². The van der Waals surface area contributed by atoms with E-state index in [9.17, 15) is 0 Å². The van der Waals surface area contributed by atoms with Crippen molar-refractivity contribution in [1.82, 2.24) is 0 Å². The van der Waals surface area contributed by atoms with Gasteiger partial charge in [-0.2, -0.15) is 0 Å². The maximum atomic E-state index is 5.41. The molecular formula is C18H23NO2. The molecule has 3 nitrogen and oxygen atoms in total. The monoisotopic (exact) mass is 285 g/mol. The molecule has 0 amide bonds. The van der Waals surface area contributed by atoms with Gasteiger partial charge in [-0.05, 0) is 49.6 Å². The first-order valence-electron chi connectivity index (χ1n) is 7.07. The van der Waals surface area contributed by atoms with E-state index in [2.05, 4.69) is 38.2 Å². The Morgan fingerprint density at radius 3 is 2.14 bits per heavy atom. The summed E-state index contributed by atoms with van der Waals surface area (Å²) in [6, 6.07) is 10.2. The molecule has 0 bridgehead atoms. The van der Waals surface area contributed by atoms with Gasteiger partial charge in [-0.1, -0.05) is 17.7 Å².